The Morgan fingerprint density at radius 3 is 3.07 bits per heavy atom. The van der Waals surface area contributed by atoms with Crippen molar-refractivity contribution in [1.29, 1.82) is 0 Å². The molecule has 1 saturated heterocycles. The summed E-state index contributed by atoms with van der Waals surface area (Å²) < 4.78 is 5.49. The van der Waals surface area contributed by atoms with E-state index >= 15 is 0 Å². The Morgan fingerprint density at radius 1 is 1.53 bits per heavy atom. The summed E-state index contributed by atoms with van der Waals surface area (Å²) in [6.45, 7) is 3.84. The fourth-order valence-electron chi connectivity index (χ4n) is 1.90. The molecule has 1 aliphatic rings. The monoisotopic (exact) mass is 225 g/mol. The second-order valence-electron chi connectivity index (χ2n) is 3.98. The van der Waals surface area contributed by atoms with Crippen LogP contribution in [0.4, 0.5) is 0 Å². The van der Waals surface area contributed by atoms with Gasteiger partial charge in [-0.3, -0.25) is 0 Å². The molecule has 1 fully saturated rings. The standard InChI is InChI=1S/C12H16ClNO/c1-9-12(5-6-15-9)14-8-10-3-2-4-11(13)7-10/h2-4,7,9,12,14H,5-6,8H2,1H3/t9-,12+/m1/s1. The van der Waals surface area contributed by atoms with E-state index in [0.717, 1.165) is 24.6 Å². The normalized spacial score (nSPS) is 25.7. The maximum atomic E-state index is 5.92. The number of ether oxygens (including phenoxy) is 1. The Bertz CT molecular complexity index is 329. The van der Waals surface area contributed by atoms with Gasteiger partial charge in [0.15, 0.2) is 0 Å². The molecule has 15 heavy (non-hydrogen) atoms. The van der Waals surface area contributed by atoms with E-state index in [0.29, 0.717) is 12.1 Å². The van der Waals surface area contributed by atoms with E-state index < -0.39 is 0 Å². The molecular weight excluding hydrogens is 210 g/mol. The summed E-state index contributed by atoms with van der Waals surface area (Å²) in [4.78, 5) is 0. The highest BCUT2D eigenvalue weighted by atomic mass is 35.5. The van der Waals surface area contributed by atoms with Gasteiger partial charge in [-0.2, -0.15) is 0 Å². The zero-order valence-electron chi connectivity index (χ0n) is 8.87. The van der Waals surface area contributed by atoms with E-state index in [1.165, 1.54) is 5.56 Å². The summed E-state index contributed by atoms with van der Waals surface area (Å²) in [6, 6.07) is 8.43. The summed E-state index contributed by atoms with van der Waals surface area (Å²) in [6.07, 6.45) is 1.42. The second-order valence-corrected chi connectivity index (χ2v) is 4.42. The predicted octanol–water partition coefficient (Wildman–Crippen LogP) is 2.61. The molecule has 1 aliphatic heterocycles. The fourth-order valence-corrected chi connectivity index (χ4v) is 2.11. The minimum Gasteiger partial charge on any atom is -0.377 e. The molecule has 2 atom stereocenters. The molecule has 3 heteroatoms. The maximum absolute atomic E-state index is 5.92. The van der Waals surface area contributed by atoms with Crippen molar-refractivity contribution in [2.75, 3.05) is 6.61 Å². The first-order chi connectivity index (χ1) is 7.25. The van der Waals surface area contributed by atoms with Crippen molar-refractivity contribution in [3.63, 3.8) is 0 Å². The first-order valence-corrected chi connectivity index (χ1v) is 5.73. The molecule has 1 aromatic rings. The number of halogens is 1. The van der Waals surface area contributed by atoms with Crippen LogP contribution < -0.4 is 5.32 Å². The van der Waals surface area contributed by atoms with E-state index in [2.05, 4.69) is 18.3 Å². The molecule has 0 spiro atoms. The van der Waals surface area contributed by atoms with Crippen molar-refractivity contribution in [2.24, 2.45) is 0 Å². The van der Waals surface area contributed by atoms with Crippen LogP contribution in [0.5, 0.6) is 0 Å². The van der Waals surface area contributed by atoms with E-state index in [-0.39, 0.29) is 0 Å². The minimum atomic E-state index is 0.323. The highest BCUT2D eigenvalue weighted by molar-refractivity contribution is 6.30. The lowest BCUT2D eigenvalue weighted by atomic mass is 10.1. The SMILES string of the molecule is C[C@H]1OCC[C@@H]1NCc1cccc(Cl)c1. The van der Waals surface area contributed by atoms with Crippen LogP contribution in [0.3, 0.4) is 0 Å². The van der Waals surface area contributed by atoms with E-state index in [1.807, 2.05) is 18.2 Å². The first kappa shape index (κ1) is 10.9. The molecule has 0 bridgehead atoms. The van der Waals surface area contributed by atoms with Crippen LogP contribution in [-0.4, -0.2) is 18.8 Å². The van der Waals surface area contributed by atoms with Crippen molar-refractivity contribution < 1.29 is 4.74 Å². The van der Waals surface area contributed by atoms with Crippen LogP contribution in [0.15, 0.2) is 24.3 Å². The smallest absolute Gasteiger partial charge is 0.0700 e. The zero-order chi connectivity index (χ0) is 10.7. The third kappa shape index (κ3) is 2.94. The third-order valence-electron chi connectivity index (χ3n) is 2.83. The van der Waals surface area contributed by atoms with Gasteiger partial charge >= 0.3 is 0 Å². The van der Waals surface area contributed by atoms with E-state index in [9.17, 15) is 0 Å². The van der Waals surface area contributed by atoms with Crippen molar-refractivity contribution >= 4 is 11.6 Å². The maximum Gasteiger partial charge on any atom is 0.0700 e. The number of rotatable bonds is 3. The summed E-state index contributed by atoms with van der Waals surface area (Å²) in [5.74, 6) is 0. The first-order valence-electron chi connectivity index (χ1n) is 5.35. The predicted molar refractivity (Wildman–Crippen MR) is 62.1 cm³/mol. The van der Waals surface area contributed by atoms with Crippen LogP contribution in [0.2, 0.25) is 5.02 Å². The third-order valence-corrected chi connectivity index (χ3v) is 3.07. The fraction of sp³-hybridized carbons (Fsp3) is 0.500. The van der Waals surface area contributed by atoms with Crippen LogP contribution in [-0.2, 0) is 11.3 Å². The molecule has 2 nitrogen and oxygen atoms in total. The number of hydrogen-bond acceptors (Lipinski definition) is 2. The molecule has 0 unspecified atom stereocenters. The molecule has 0 aromatic heterocycles. The molecule has 0 amide bonds. The van der Waals surface area contributed by atoms with Gasteiger partial charge in [-0.1, -0.05) is 23.7 Å². The Morgan fingerprint density at radius 2 is 2.40 bits per heavy atom. The average Bonchev–Trinajstić information content (AvgIpc) is 2.61. The molecule has 82 valence electrons. The van der Waals surface area contributed by atoms with Crippen molar-refractivity contribution in [3.05, 3.63) is 34.9 Å². The lowest BCUT2D eigenvalue weighted by Crippen LogP contribution is -2.34. The summed E-state index contributed by atoms with van der Waals surface area (Å²) in [5.41, 5.74) is 1.22. The molecule has 1 heterocycles. The van der Waals surface area contributed by atoms with Crippen molar-refractivity contribution in [1.82, 2.24) is 5.32 Å². The molecule has 0 saturated carbocycles. The van der Waals surface area contributed by atoms with E-state index in [4.69, 9.17) is 16.3 Å². The molecule has 1 N–H and O–H groups in total. The second kappa shape index (κ2) is 4.97. The van der Waals surface area contributed by atoms with Gasteiger partial charge in [-0.15, -0.1) is 0 Å². The van der Waals surface area contributed by atoms with Crippen molar-refractivity contribution in [3.8, 4) is 0 Å². The highest BCUT2D eigenvalue weighted by Gasteiger charge is 2.23. The van der Waals surface area contributed by atoms with Crippen LogP contribution in [0.25, 0.3) is 0 Å². The summed E-state index contributed by atoms with van der Waals surface area (Å²) in [5, 5.41) is 4.29. The van der Waals surface area contributed by atoms with Gasteiger partial charge < -0.3 is 10.1 Å². The number of nitrogens with one attached hydrogen (secondary N) is 1. The Labute approximate surface area is 95.6 Å². The topological polar surface area (TPSA) is 21.3 Å². The molecule has 1 aromatic carbocycles. The van der Waals surface area contributed by atoms with Gasteiger partial charge in [-0.25, -0.2) is 0 Å². The summed E-state index contributed by atoms with van der Waals surface area (Å²) >= 11 is 5.92. The number of benzene rings is 1. The number of hydrogen-bond donors (Lipinski definition) is 1. The quantitative estimate of drug-likeness (QED) is 0.854. The van der Waals surface area contributed by atoms with Gasteiger partial charge in [0, 0.05) is 24.2 Å². The molecular formula is C12H16ClNO. The molecule has 0 aliphatic carbocycles. The van der Waals surface area contributed by atoms with Gasteiger partial charge in [0.25, 0.3) is 0 Å². The van der Waals surface area contributed by atoms with Crippen molar-refractivity contribution in [2.45, 2.75) is 32.0 Å². The van der Waals surface area contributed by atoms with Crippen LogP contribution >= 0.6 is 11.6 Å². The van der Waals surface area contributed by atoms with Crippen LogP contribution in [0.1, 0.15) is 18.9 Å². The Hall–Kier alpha value is -0.570. The van der Waals surface area contributed by atoms with Gasteiger partial charge in [0.2, 0.25) is 0 Å². The Balaban J connectivity index is 1.87. The minimum absolute atomic E-state index is 0.323. The lowest BCUT2D eigenvalue weighted by molar-refractivity contribution is 0.113. The van der Waals surface area contributed by atoms with E-state index in [1.54, 1.807) is 0 Å². The lowest BCUT2D eigenvalue weighted by Gasteiger charge is -2.15. The average molecular weight is 226 g/mol. The summed E-state index contributed by atoms with van der Waals surface area (Å²) in [7, 11) is 0. The Kier molecular flexibility index (Phi) is 3.62. The molecule has 2 rings (SSSR count). The van der Waals surface area contributed by atoms with Gasteiger partial charge in [0.1, 0.15) is 0 Å². The zero-order valence-corrected chi connectivity index (χ0v) is 9.63. The van der Waals surface area contributed by atoms with Crippen LogP contribution in [0, 0.1) is 0 Å². The highest BCUT2D eigenvalue weighted by Crippen LogP contribution is 2.14. The largest absolute Gasteiger partial charge is 0.377 e. The molecule has 0 radical (unpaired) electrons. The van der Waals surface area contributed by atoms with Gasteiger partial charge in [-0.05, 0) is 31.0 Å². The van der Waals surface area contributed by atoms with Gasteiger partial charge in [0.05, 0.1) is 6.10 Å².